The molecule has 2 fully saturated rings. The van der Waals surface area contributed by atoms with E-state index in [1.807, 2.05) is 70.2 Å². The van der Waals surface area contributed by atoms with Gasteiger partial charge in [-0.2, -0.15) is 0 Å². The molecule has 5 rings (SSSR count). The van der Waals surface area contributed by atoms with E-state index in [2.05, 4.69) is 0 Å². The summed E-state index contributed by atoms with van der Waals surface area (Å²) in [5.74, 6) is -2.35. The van der Waals surface area contributed by atoms with Gasteiger partial charge in [0.2, 0.25) is 11.8 Å². The van der Waals surface area contributed by atoms with Crippen molar-refractivity contribution in [2.45, 2.75) is 64.3 Å². The van der Waals surface area contributed by atoms with Gasteiger partial charge in [-0.15, -0.1) is 0 Å². The van der Waals surface area contributed by atoms with Crippen LogP contribution in [0.15, 0.2) is 42.5 Å². The monoisotopic (exact) mass is 507 g/mol. The zero-order valence-electron chi connectivity index (χ0n) is 22.3. The molecule has 6 atom stereocenters. The first-order valence-corrected chi connectivity index (χ1v) is 13.3. The molecule has 1 aromatic carbocycles. The highest BCUT2D eigenvalue weighted by atomic mass is 16.5. The molecular formula is C29H37N3O5. The van der Waals surface area contributed by atoms with Crippen LogP contribution < -0.4 is 4.90 Å². The number of amides is 3. The van der Waals surface area contributed by atoms with Gasteiger partial charge < -0.3 is 24.5 Å². The van der Waals surface area contributed by atoms with Crippen molar-refractivity contribution in [2.75, 3.05) is 31.1 Å². The molecule has 0 aromatic heterocycles. The lowest BCUT2D eigenvalue weighted by atomic mass is 9.74. The van der Waals surface area contributed by atoms with Gasteiger partial charge in [-0.25, -0.2) is 0 Å². The first kappa shape index (κ1) is 25.7. The van der Waals surface area contributed by atoms with Crippen molar-refractivity contribution in [3.8, 4) is 0 Å². The summed E-state index contributed by atoms with van der Waals surface area (Å²) in [6.45, 7) is 10.6. The lowest BCUT2D eigenvalue weighted by molar-refractivity contribution is -0.150. The van der Waals surface area contributed by atoms with Crippen molar-refractivity contribution in [3.05, 3.63) is 53.6 Å². The van der Waals surface area contributed by atoms with Crippen LogP contribution in [0.4, 0.5) is 5.69 Å². The normalized spacial score (nSPS) is 33.8. The highest BCUT2D eigenvalue weighted by Crippen LogP contribution is 2.58. The van der Waals surface area contributed by atoms with Crippen LogP contribution in [0.2, 0.25) is 0 Å². The quantitative estimate of drug-likeness (QED) is 0.618. The first-order chi connectivity index (χ1) is 17.6. The fraction of sp³-hybridized carbons (Fsp3) is 0.552. The molecule has 0 bridgehead atoms. The van der Waals surface area contributed by atoms with Crippen molar-refractivity contribution < 1.29 is 24.2 Å². The standard InChI is InChI=1S/C29H37N3O5/c1-6-14-30-15-8-12-28(5)21(25(30)34)22-26(35)32(20(4)17-33)24-27(36)31(16-9-13-29(22,24)37-28)23-18(2)10-7-11-19(23)3/h7-13,20-22,24,33H,6,14-17H2,1-5H3/t20-,21-,22+,24?,28+,29+/m1/s1. The summed E-state index contributed by atoms with van der Waals surface area (Å²) in [6, 6.07) is 4.27. The number of carbonyl (C=O) groups is 3. The van der Waals surface area contributed by atoms with E-state index >= 15 is 0 Å². The molecule has 198 valence electrons. The number of aliphatic hydroxyl groups excluding tert-OH is 1. The second kappa shape index (κ2) is 9.10. The molecule has 37 heavy (non-hydrogen) atoms. The molecule has 1 N–H and O–H groups in total. The summed E-state index contributed by atoms with van der Waals surface area (Å²) in [5.41, 5.74) is 0.365. The number of aryl methyl sites for hydroxylation is 2. The molecule has 0 radical (unpaired) electrons. The van der Waals surface area contributed by atoms with Gasteiger partial charge in [-0.05, 0) is 45.2 Å². The van der Waals surface area contributed by atoms with Gasteiger partial charge in [-0.1, -0.05) is 49.4 Å². The van der Waals surface area contributed by atoms with Crippen LogP contribution in [0.5, 0.6) is 0 Å². The second-order valence-corrected chi connectivity index (χ2v) is 11.1. The van der Waals surface area contributed by atoms with Gasteiger partial charge in [0.25, 0.3) is 5.91 Å². The Bertz CT molecular complexity index is 1170. The van der Waals surface area contributed by atoms with Crippen LogP contribution in [0.1, 0.15) is 38.3 Å². The molecule has 4 aliphatic heterocycles. The van der Waals surface area contributed by atoms with Gasteiger partial charge in [0.1, 0.15) is 11.6 Å². The van der Waals surface area contributed by atoms with E-state index in [1.165, 1.54) is 4.90 Å². The van der Waals surface area contributed by atoms with Gasteiger partial charge in [-0.3, -0.25) is 14.4 Å². The van der Waals surface area contributed by atoms with Crippen LogP contribution in [0.3, 0.4) is 0 Å². The average molecular weight is 508 g/mol. The third kappa shape index (κ3) is 3.60. The third-order valence-corrected chi connectivity index (χ3v) is 8.52. The predicted octanol–water partition coefficient (Wildman–Crippen LogP) is 2.37. The lowest BCUT2D eigenvalue weighted by Crippen LogP contribution is -2.58. The van der Waals surface area contributed by atoms with E-state index in [0.717, 1.165) is 23.2 Å². The number of hydrogen-bond donors (Lipinski definition) is 1. The minimum Gasteiger partial charge on any atom is -0.394 e. The van der Waals surface area contributed by atoms with Crippen molar-refractivity contribution in [3.63, 3.8) is 0 Å². The van der Waals surface area contributed by atoms with Gasteiger partial charge in [0, 0.05) is 25.3 Å². The summed E-state index contributed by atoms with van der Waals surface area (Å²) in [7, 11) is 0. The summed E-state index contributed by atoms with van der Waals surface area (Å²) in [5, 5.41) is 10.1. The third-order valence-electron chi connectivity index (χ3n) is 8.52. The predicted molar refractivity (Wildman–Crippen MR) is 140 cm³/mol. The van der Waals surface area contributed by atoms with E-state index < -0.39 is 35.1 Å². The number of rotatable bonds is 5. The van der Waals surface area contributed by atoms with Crippen molar-refractivity contribution in [2.24, 2.45) is 11.8 Å². The molecule has 1 spiro atoms. The molecule has 4 heterocycles. The van der Waals surface area contributed by atoms with Crippen LogP contribution in [-0.2, 0) is 19.1 Å². The number of nitrogens with zero attached hydrogens (tertiary/aromatic N) is 3. The molecule has 1 unspecified atom stereocenters. The second-order valence-electron chi connectivity index (χ2n) is 11.1. The number of para-hydroxylation sites is 1. The zero-order valence-corrected chi connectivity index (χ0v) is 22.3. The molecule has 3 amide bonds. The Kier molecular flexibility index (Phi) is 6.31. The van der Waals surface area contributed by atoms with Gasteiger partial charge >= 0.3 is 0 Å². The Balaban J connectivity index is 1.68. The maximum atomic E-state index is 14.5. The number of hydrogen-bond acceptors (Lipinski definition) is 5. The van der Waals surface area contributed by atoms with E-state index in [-0.39, 0.29) is 24.3 Å². The minimum absolute atomic E-state index is 0.126. The molecule has 0 aliphatic carbocycles. The maximum Gasteiger partial charge on any atom is 0.253 e. The number of carbonyl (C=O) groups excluding carboxylic acids is 3. The fourth-order valence-electron chi connectivity index (χ4n) is 6.98. The molecule has 8 heteroatoms. The highest BCUT2D eigenvalue weighted by Gasteiger charge is 2.75. The Morgan fingerprint density at radius 3 is 2.35 bits per heavy atom. The number of likely N-dealkylation sites (tertiary alicyclic amines) is 1. The van der Waals surface area contributed by atoms with Crippen LogP contribution >= 0.6 is 0 Å². The molecule has 0 saturated carbocycles. The van der Waals surface area contributed by atoms with E-state index in [9.17, 15) is 19.5 Å². The smallest absolute Gasteiger partial charge is 0.253 e. The van der Waals surface area contributed by atoms with E-state index in [0.29, 0.717) is 19.6 Å². The summed E-state index contributed by atoms with van der Waals surface area (Å²) >= 11 is 0. The summed E-state index contributed by atoms with van der Waals surface area (Å²) < 4.78 is 6.82. The van der Waals surface area contributed by atoms with Crippen molar-refractivity contribution in [1.82, 2.24) is 9.80 Å². The Hall–Kier alpha value is -2.97. The van der Waals surface area contributed by atoms with Crippen molar-refractivity contribution >= 4 is 23.4 Å². The summed E-state index contributed by atoms with van der Waals surface area (Å²) in [6.07, 6.45) is 8.37. The van der Waals surface area contributed by atoms with Crippen LogP contribution in [0.25, 0.3) is 0 Å². The lowest BCUT2D eigenvalue weighted by Gasteiger charge is -2.39. The average Bonchev–Trinajstić information content (AvgIpc) is 3.14. The zero-order chi connectivity index (χ0) is 26.7. The molecule has 2 saturated heterocycles. The topological polar surface area (TPSA) is 90.4 Å². The fourth-order valence-corrected chi connectivity index (χ4v) is 6.98. The Labute approximate surface area is 218 Å². The molecule has 4 aliphatic rings. The molecule has 1 aromatic rings. The maximum absolute atomic E-state index is 14.5. The van der Waals surface area contributed by atoms with E-state index in [4.69, 9.17) is 4.74 Å². The number of aliphatic hydroxyl groups is 1. The summed E-state index contributed by atoms with van der Waals surface area (Å²) in [4.78, 5) is 47.6. The number of ether oxygens (including phenoxy) is 1. The highest BCUT2D eigenvalue weighted by molar-refractivity contribution is 6.06. The molecule has 8 nitrogen and oxygen atoms in total. The van der Waals surface area contributed by atoms with Gasteiger partial charge in [0.15, 0.2) is 0 Å². The van der Waals surface area contributed by atoms with Crippen molar-refractivity contribution in [1.29, 1.82) is 0 Å². The first-order valence-electron chi connectivity index (χ1n) is 13.3. The Morgan fingerprint density at radius 2 is 1.70 bits per heavy atom. The largest absolute Gasteiger partial charge is 0.394 e. The number of fused-ring (bicyclic) bond motifs is 2. The number of benzene rings is 1. The Morgan fingerprint density at radius 1 is 1.03 bits per heavy atom. The van der Waals surface area contributed by atoms with E-state index in [1.54, 1.807) is 16.7 Å². The van der Waals surface area contributed by atoms with Crippen LogP contribution in [-0.4, -0.2) is 82.2 Å². The van der Waals surface area contributed by atoms with Gasteiger partial charge in [0.05, 0.1) is 30.1 Å². The minimum atomic E-state index is -1.32. The SMILES string of the molecule is CCCN1CC=C[C@]2(C)O[C@]34C=CCN(c5c(C)cccc5C)C(=O)C3N([C@H](C)CO)C(=O)[C@@H]4[C@@H]2C1=O. The van der Waals surface area contributed by atoms with Crippen LogP contribution in [0, 0.1) is 25.7 Å². The number of anilines is 1. The molecular weight excluding hydrogens is 470 g/mol.